The van der Waals surface area contributed by atoms with E-state index < -0.39 is 0 Å². The Bertz CT molecular complexity index is 1570. The first-order valence-corrected chi connectivity index (χ1v) is 11.7. The highest BCUT2D eigenvalue weighted by Crippen LogP contribution is 2.31. The van der Waals surface area contributed by atoms with Crippen LogP contribution in [0.25, 0.3) is 32.9 Å². The van der Waals surface area contributed by atoms with E-state index in [2.05, 4.69) is 67.2 Å². The van der Waals surface area contributed by atoms with Gasteiger partial charge >= 0.3 is 0 Å². The van der Waals surface area contributed by atoms with E-state index in [0.717, 1.165) is 49.8 Å². The molecule has 6 aromatic rings. The molecule has 0 spiro atoms. The van der Waals surface area contributed by atoms with Crippen LogP contribution in [-0.2, 0) is 6.54 Å². The van der Waals surface area contributed by atoms with E-state index in [9.17, 15) is 0 Å². The summed E-state index contributed by atoms with van der Waals surface area (Å²) in [6.45, 7) is 0.608. The van der Waals surface area contributed by atoms with Crippen molar-refractivity contribution in [2.45, 2.75) is 6.54 Å². The molecule has 0 fully saturated rings. The molecule has 172 valence electrons. The van der Waals surface area contributed by atoms with Crippen molar-refractivity contribution in [2.75, 3.05) is 5.32 Å². The number of hydrogen-bond donors (Lipinski definition) is 1. The van der Waals surface area contributed by atoms with Gasteiger partial charge in [-0.3, -0.25) is 4.98 Å². The summed E-state index contributed by atoms with van der Waals surface area (Å²) in [6, 6.07) is 26.5. The first kappa shape index (κ1) is 22.6. The third-order valence-electron chi connectivity index (χ3n) is 5.53. The standard InChI is InChI=1S/C26H19N7S.ClH/c1-2-5-18(6-3-1)17-33-25(30-31-32-33)19-7-4-8-21(15-19)29-23-11-12-27-24-16-20(9-10-22(23)24)26-28-13-14-34-26;/h1-16H,17H2,(H,27,29);1H. The number of rotatable bonds is 6. The maximum Gasteiger partial charge on any atom is 0.182 e. The van der Waals surface area contributed by atoms with Crippen molar-refractivity contribution in [3.05, 3.63) is 102 Å². The van der Waals surface area contributed by atoms with E-state index in [4.69, 9.17) is 0 Å². The van der Waals surface area contributed by atoms with Crippen LogP contribution >= 0.6 is 23.7 Å². The molecule has 0 aliphatic heterocycles. The van der Waals surface area contributed by atoms with E-state index in [-0.39, 0.29) is 12.4 Å². The van der Waals surface area contributed by atoms with Gasteiger partial charge in [-0.05, 0) is 40.3 Å². The lowest BCUT2D eigenvalue weighted by Gasteiger charge is -2.11. The second-order valence-electron chi connectivity index (χ2n) is 7.78. The minimum atomic E-state index is 0. The van der Waals surface area contributed by atoms with Gasteiger partial charge in [-0.2, -0.15) is 0 Å². The van der Waals surface area contributed by atoms with Gasteiger partial charge in [0.15, 0.2) is 5.82 Å². The fraction of sp³-hybridized carbons (Fsp3) is 0.0385. The Labute approximate surface area is 211 Å². The number of pyridine rings is 1. The summed E-state index contributed by atoms with van der Waals surface area (Å²) in [6.07, 6.45) is 3.64. The summed E-state index contributed by atoms with van der Waals surface area (Å²) in [5.41, 5.74) is 6.00. The average Bonchev–Trinajstić information content (AvgIpc) is 3.58. The molecule has 0 saturated heterocycles. The Morgan fingerprint density at radius 2 is 1.74 bits per heavy atom. The Hall–Kier alpha value is -4.14. The molecular formula is C26H20ClN7S. The fourth-order valence-corrected chi connectivity index (χ4v) is 4.56. The quantitative estimate of drug-likeness (QED) is 0.294. The van der Waals surface area contributed by atoms with Crippen molar-refractivity contribution in [1.82, 2.24) is 30.2 Å². The highest BCUT2D eigenvalue weighted by molar-refractivity contribution is 7.13. The van der Waals surface area contributed by atoms with E-state index in [1.165, 1.54) is 0 Å². The van der Waals surface area contributed by atoms with Crippen molar-refractivity contribution in [1.29, 1.82) is 0 Å². The van der Waals surface area contributed by atoms with Crippen LogP contribution in [-0.4, -0.2) is 30.2 Å². The lowest BCUT2D eigenvalue weighted by molar-refractivity contribution is 0.653. The molecule has 0 aliphatic carbocycles. The molecule has 7 nitrogen and oxygen atoms in total. The van der Waals surface area contributed by atoms with Crippen molar-refractivity contribution in [3.8, 4) is 22.0 Å². The minimum Gasteiger partial charge on any atom is -0.355 e. The Kier molecular flexibility index (Phi) is 6.47. The molecule has 1 N–H and O–H groups in total. The number of halogens is 1. The molecule has 35 heavy (non-hydrogen) atoms. The smallest absolute Gasteiger partial charge is 0.182 e. The van der Waals surface area contributed by atoms with Crippen LogP contribution in [0, 0.1) is 0 Å². The van der Waals surface area contributed by atoms with Gasteiger partial charge in [0.05, 0.1) is 12.1 Å². The number of aromatic nitrogens is 6. The Morgan fingerprint density at radius 3 is 2.60 bits per heavy atom. The first-order valence-electron chi connectivity index (χ1n) is 10.8. The summed E-state index contributed by atoms with van der Waals surface area (Å²) in [5.74, 6) is 0.722. The number of fused-ring (bicyclic) bond motifs is 1. The fourth-order valence-electron chi connectivity index (χ4n) is 3.92. The van der Waals surface area contributed by atoms with Crippen LogP contribution in [0.3, 0.4) is 0 Å². The highest BCUT2D eigenvalue weighted by atomic mass is 35.5. The molecule has 3 heterocycles. The molecule has 3 aromatic heterocycles. The van der Waals surface area contributed by atoms with Gasteiger partial charge in [0.1, 0.15) is 5.01 Å². The van der Waals surface area contributed by atoms with Crippen molar-refractivity contribution < 1.29 is 0 Å². The van der Waals surface area contributed by atoms with E-state index in [1.54, 1.807) is 11.3 Å². The molecule has 0 amide bonds. The third-order valence-corrected chi connectivity index (χ3v) is 6.35. The van der Waals surface area contributed by atoms with Crippen LogP contribution in [0.5, 0.6) is 0 Å². The van der Waals surface area contributed by atoms with Gasteiger partial charge < -0.3 is 5.32 Å². The Morgan fingerprint density at radius 1 is 0.829 bits per heavy atom. The monoisotopic (exact) mass is 497 g/mol. The van der Waals surface area contributed by atoms with Crippen molar-refractivity contribution in [3.63, 3.8) is 0 Å². The summed E-state index contributed by atoms with van der Waals surface area (Å²) < 4.78 is 1.82. The molecule has 0 unspecified atom stereocenters. The molecule has 6 rings (SSSR count). The van der Waals surface area contributed by atoms with E-state index >= 15 is 0 Å². The number of hydrogen-bond acceptors (Lipinski definition) is 7. The zero-order chi connectivity index (χ0) is 22.7. The molecule has 3 aromatic carbocycles. The predicted octanol–water partition coefficient (Wildman–Crippen LogP) is 6.23. The Balaban J connectivity index is 0.00000253. The lowest BCUT2D eigenvalue weighted by atomic mass is 10.1. The van der Waals surface area contributed by atoms with Gasteiger partial charge in [-0.25, -0.2) is 9.67 Å². The highest BCUT2D eigenvalue weighted by Gasteiger charge is 2.11. The normalized spacial score (nSPS) is 10.7. The number of tetrazole rings is 1. The molecule has 0 bridgehead atoms. The van der Waals surface area contributed by atoms with Crippen molar-refractivity contribution in [2.24, 2.45) is 0 Å². The molecule has 9 heteroatoms. The van der Waals surface area contributed by atoms with Crippen LogP contribution < -0.4 is 5.32 Å². The van der Waals surface area contributed by atoms with E-state index in [1.807, 2.05) is 64.9 Å². The third kappa shape index (κ3) is 4.75. The lowest BCUT2D eigenvalue weighted by Crippen LogP contribution is -2.04. The second kappa shape index (κ2) is 10.0. The number of nitrogens with one attached hydrogen (secondary N) is 1. The molecule has 0 saturated carbocycles. The number of benzene rings is 3. The second-order valence-corrected chi connectivity index (χ2v) is 8.67. The van der Waals surface area contributed by atoms with Gasteiger partial charge in [0.2, 0.25) is 0 Å². The summed E-state index contributed by atoms with van der Waals surface area (Å²) >= 11 is 1.62. The predicted molar refractivity (Wildman–Crippen MR) is 142 cm³/mol. The van der Waals surface area contributed by atoms with E-state index in [0.29, 0.717) is 6.54 Å². The molecule has 0 radical (unpaired) electrons. The first-order chi connectivity index (χ1) is 16.8. The largest absolute Gasteiger partial charge is 0.355 e. The maximum atomic E-state index is 4.57. The molecular weight excluding hydrogens is 478 g/mol. The van der Waals surface area contributed by atoms with Crippen molar-refractivity contribution >= 4 is 46.0 Å². The van der Waals surface area contributed by atoms with Crippen LogP contribution in [0.15, 0.2) is 96.6 Å². The number of anilines is 2. The summed E-state index contributed by atoms with van der Waals surface area (Å²) in [4.78, 5) is 8.98. The van der Waals surface area contributed by atoms with Gasteiger partial charge in [-0.1, -0.05) is 54.6 Å². The van der Waals surface area contributed by atoms with Gasteiger partial charge in [-0.15, -0.1) is 28.8 Å². The SMILES string of the molecule is Cl.c1ccc(Cn2nnnc2-c2cccc(Nc3ccnc4cc(-c5nccs5)ccc34)c2)cc1. The number of thiazole rings is 1. The number of nitrogens with zero attached hydrogens (tertiary/aromatic N) is 6. The zero-order valence-electron chi connectivity index (χ0n) is 18.4. The summed E-state index contributed by atoms with van der Waals surface area (Å²) in [7, 11) is 0. The maximum absolute atomic E-state index is 4.57. The van der Waals surface area contributed by atoms with Gasteiger partial charge in [0.25, 0.3) is 0 Å². The average molecular weight is 498 g/mol. The zero-order valence-corrected chi connectivity index (χ0v) is 20.1. The van der Waals surface area contributed by atoms with Crippen LogP contribution in [0.4, 0.5) is 11.4 Å². The summed E-state index contributed by atoms with van der Waals surface area (Å²) in [5, 5.41) is 19.9. The topological polar surface area (TPSA) is 81.4 Å². The minimum absolute atomic E-state index is 0. The van der Waals surface area contributed by atoms with Crippen LogP contribution in [0.1, 0.15) is 5.56 Å². The van der Waals surface area contributed by atoms with Gasteiger partial charge in [0, 0.05) is 45.7 Å². The van der Waals surface area contributed by atoms with Crippen LogP contribution in [0.2, 0.25) is 0 Å². The molecule has 0 atom stereocenters. The molecule has 0 aliphatic rings.